The van der Waals surface area contributed by atoms with E-state index >= 15 is 0 Å². The average Bonchev–Trinajstić information content (AvgIpc) is 2.52. The Morgan fingerprint density at radius 1 is 1.00 bits per heavy atom. The molecular weight excluding hydrogens is 314 g/mol. The molecule has 0 N–H and O–H groups in total. The quantitative estimate of drug-likeness (QED) is 0.814. The van der Waals surface area contributed by atoms with Crippen LogP contribution in [0.4, 0.5) is 5.69 Å². The molecular formula is C17H21NO4S. The molecule has 0 aliphatic rings. The number of hydrogen-bond donors (Lipinski definition) is 0. The maximum atomic E-state index is 12.3. The largest absolute Gasteiger partial charge is 0.497 e. The minimum Gasteiger partial charge on any atom is -0.497 e. The Bertz CT molecular complexity index is 770. The topological polar surface area (TPSA) is 55.8 Å². The highest BCUT2D eigenvalue weighted by molar-refractivity contribution is 7.92. The lowest BCUT2D eigenvalue weighted by molar-refractivity contribution is 0.395. The fourth-order valence-corrected chi connectivity index (χ4v) is 3.12. The van der Waals surface area contributed by atoms with Gasteiger partial charge < -0.3 is 9.47 Å². The first-order valence-electron chi connectivity index (χ1n) is 7.10. The third-order valence-electron chi connectivity index (χ3n) is 3.50. The van der Waals surface area contributed by atoms with Crippen molar-refractivity contribution in [2.45, 2.75) is 13.5 Å². The number of anilines is 1. The van der Waals surface area contributed by atoms with E-state index in [9.17, 15) is 8.42 Å². The highest BCUT2D eigenvalue weighted by atomic mass is 32.2. The molecule has 0 aliphatic carbocycles. The molecule has 124 valence electrons. The van der Waals surface area contributed by atoms with Crippen molar-refractivity contribution in [3.05, 3.63) is 53.6 Å². The summed E-state index contributed by atoms with van der Waals surface area (Å²) in [5.74, 6) is 1.05. The Balaban J connectivity index is 2.45. The number of sulfonamides is 1. The van der Waals surface area contributed by atoms with Crippen molar-refractivity contribution >= 4 is 15.7 Å². The summed E-state index contributed by atoms with van der Waals surface area (Å²) in [7, 11) is -0.411. The van der Waals surface area contributed by atoms with Crippen LogP contribution in [0.1, 0.15) is 11.1 Å². The lowest BCUT2D eigenvalue weighted by Crippen LogP contribution is -2.29. The van der Waals surface area contributed by atoms with Crippen LogP contribution in [0.5, 0.6) is 11.5 Å². The highest BCUT2D eigenvalue weighted by Crippen LogP contribution is 2.34. The summed E-state index contributed by atoms with van der Waals surface area (Å²) in [6, 6.07) is 12.8. The minimum atomic E-state index is -3.47. The predicted molar refractivity (Wildman–Crippen MR) is 91.8 cm³/mol. The average molecular weight is 335 g/mol. The van der Waals surface area contributed by atoms with Gasteiger partial charge in [0.25, 0.3) is 0 Å². The highest BCUT2D eigenvalue weighted by Gasteiger charge is 2.22. The van der Waals surface area contributed by atoms with Gasteiger partial charge in [-0.05, 0) is 24.6 Å². The second-order valence-electron chi connectivity index (χ2n) is 5.29. The van der Waals surface area contributed by atoms with Crippen LogP contribution in [0.25, 0.3) is 0 Å². The summed E-state index contributed by atoms with van der Waals surface area (Å²) < 4.78 is 36.4. The van der Waals surface area contributed by atoms with Crippen LogP contribution < -0.4 is 13.8 Å². The number of aryl methyl sites for hydroxylation is 1. The molecule has 0 aliphatic heterocycles. The van der Waals surface area contributed by atoms with Crippen LogP contribution in [0, 0.1) is 6.92 Å². The molecule has 0 atom stereocenters. The van der Waals surface area contributed by atoms with Gasteiger partial charge in [-0.15, -0.1) is 0 Å². The molecule has 0 fully saturated rings. The third kappa shape index (κ3) is 4.16. The van der Waals surface area contributed by atoms with Gasteiger partial charge in [0, 0.05) is 6.07 Å². The van der Waals surface area contributed by atoms with E-state index in [-0.39, 0.29) is 6.54 Å². The number of nitrogens with zero attached hydrogens (tertiary/aromatic N) is 1. The van der Waals surface area contributed by atoms with Gasteiger partial charge in [0.1, 0.15) is 11.5 Å². The van der Waals surface area contributed by atoms with E-state index in [0.717, 1.165) is 11.1 Å². The molecule has 0 radical (unpaired) electrons. The molecule has 0 unspecified atom stereocenters. The Morgan fingerprint density at radius 2 is 1.65 bits per heavy atom. The van der Waals surface area contributed by atoms with Gasteiger partial charge in [-0.25, -0.2) is 8.42 Å². The SMILES string of the molecule is COc1ccc(N(Cc2ccc(C)cc2)S(C)(=O)=O)c(OC)c1. The van der Waals surface area contributed by atoms with E-state index in [1.807, 2.05) is 31.2 Å². The summed E-state index contributed by atoms with van der Waals surface area (Å²) in [5.41, 5.74) is 2.51. The second kappa shape index (κ2) is 6.91. The summed E-state index contributed by atoms with van der Waals surface area (Å²) in [4.78, 5) is 0. The van der Waals surface area contributed by atoms with Crippen LogP contribution in [-0.2, 0) is 16.6 Å². The zero-order chi connectivity index (χ0) is 17.0. The zero-order valence-electron chi connectivity index (χ0n) is 13.7. The van der Waals surface area contributed by atoms with Gasteiger partial charge >= 0.3 is 0 Å². The lowest BCUT2D eigenvalue weighted by atomic mass is 10.1. The molecule has 2 rings (SSSR count). The minimum absolute atomic E-state index is 0.238. The number of benzene rings is 2. The number of methoxy groups -OCH3 is 2. The molecule has 6 heteroatoms. The molecule has 5 nitrogen and oxygen atoms in total. The first kappa shape index (κ1) is 17.1. The summed E-state index contributed by atoms with van der Waals surface area (Å²) >= 11 is 0. The van der Waals surface area contributed by atoms with Crippen molar-refractivity contribution in [2.75, 3.05) is 24.8 Å². The summed E-state index contributed by atoms with van der Waals surface area (Å²) in [5, 5.41) is 0. The Kier molecular flexibility index (Phi) is 5.15. The third-order valence-corrected chi connectivity index (χ3v) is 4.63. The van der Waals surface area contributed by atoms with Gasteiger partial charge in [0.15, 0.2) is 0 Å². The molecule has 0 amide bonds. The lowest BCUT2D eigenvalue weighted by Gasteiger charge is -2.24. The fourth-order valence-electron chi connectivity index (χ4n) is 2.23. The van der Waals surface area contributed by atoms with Crippen molar-refractivity contribution in [3.8, 4) is 11.5 Å². The molecule has 0 bridgehead atoms. The van der Waals surface area contributed by atoms with E-state index in [0.29, 0.717) is 17.2 Å². The van der Waals surface area contributed by atoms with Crippen molar-refractivity contribution in [1.29, 1.82) is 0 Å². The fraction of sp³-hybridized carbons (Fsp3) is 0.294. The summed E-state index contributed by atoms with van der Waals surface area (Å²) in [6.45, 7) is 2.23. The van der Waals surface area contributed by atoms with E-state index in [2.05, 4.69) is 0 Å². The first-order chi connectivity index (χ1) is 10.8. The molecule has 0 spiro atoms. The van der Waals surface area contributed by atoms with Crippen molar-refractivity contribution < 1.29 is 17.9 Å². The van der Waals surface area contributed by atoms with E-state index < -0.39 is 10.0 Å². The molecule has 23 heavy (non-hydrogen) atoms. The van der Waals surface area contributed by atoms with Crippen LogP contribution in [0.2, 0.25) is 0 Å². The monoisotopic (exact) mass is 335 g/mol. The van der Waals surface area contributed by atoms with Gasteiger partial charge in [0.2, 0.25) is 10.0 Å². The Hall–Kier alpha value is -2.21. The molecule has 0 heterocycles. The smallest absolute Gasteiger partial charge is 0.232 e. The molecule has 0 saturated heterocycles. The number of ether oxygens (including phenoxy) is 2. The standard InChI is InChI=1S/C17H21NO4S/c1-13-5-7-14(8-6-13)12-18(23(4,19)20)16-10-9-15(21-2)11-17(16)22-3/h5-11H,12H2,1-4H3. The molecule has 2 aromatic carbocycles. The van der Waals surface area contributed by atoms with Gasteiger partial charge in [-0.3, -0.25) is 4.31 Å². The maximum Gasteiger partial charge on any atom is 0.232 e. The number of hydrogen-bond acceptors (Lipinski definition) is 4. The summed E-state index contributed by atoms with van der Waals surface area (Å²) in [6.07, 6.45) is 1.19. The normalized spacial score (nSPS) is 11.1. The van der Waals surface area contributed by atoms with Crippen LogP contribution in [-0.4, -0.2) is 28.9 Å². The van der Waals surface area contributed by atoms with Gasteiger partial charge in [-0.2, -0.15) is 0 Å². The Labute approximate surface area is 137 Å². The molecule has 0 aromatic heterocycles. The van der Waals surface area contributed by atoms with Gasteiger partial charge in [-0.1, -0.05) is 29.8 Å². The van der Waals surface area contributed by atoms with Crippen LogP contribution in [0.15, 0.2) is 42.5 Å². The second-order valence-corrected chi connectivity index (χ2v) is 7.20. The first-order valence-corrected chi connectivity index (χ1v) is 8.95. The van der Waals surface area contributed by atoms with Crippen molar-refractivity contribution in [1.82, 2.24) is 0 Å². The van der Waals surface area contributed by atoms with E-state index in [4.69, 9.17) is 9.47 Å². The molecule has 2 aromatic rings. The van der Waals surface area contributed by atoms with Crippen LogP contribution >= 0.6 is 0 Å². The maximum absolute atomic E-state index is 12.3. The van der Waals surface area contributed by atoms with Crippen LogP contribution in [0.3, 0.4) is 0 Å². The number of rotatable bonds is 6. The predicted octanol–water partition coefficient (Wildman–Crippen LogP) is 2.98. The Morgan fingerprint density at radius 3 is 2.17 bits per heavy atom. The van der Waals surface area contributed by atoms with E-state index in [1.165, 1.54) is 17.7 Å². The van der Waals surface area contributed by atoms with Gasteiger partial charge in [0.05, 0.1) is 32.7 Å². The van der Waals surface area contributed by atoms with E-state index in [1.54, 1.807) is 25.3 Å². The van der Waals surface area contributed by atoms with Crippen molar-refractivity contribution in [2.24, 2.45) is 0 Å². The zero-order valence-corrected chi connectivity index (χ0v) is 14.6. The molecule has 0 saturated carbocycles. The van der Waals surface area contributed by atoms with Crippen molar-refractivity contribution in [3.63, 3.8) is 0 Å².